The van der Waals surface area contributed by atoms with Crippen molar-refractivity contribution >= 4 is 23.1 Å². The smallest absolute Gasteiger partial charge is 0.152 e. The van der Waals surface area contributed by atoms with E-state index in [4.69, 9.17) is 21.1 Å². The van der Waals surface area contributed by atoms with E-state index in [9.17, 15) is 0 Å². The topological polar surface area (TPSA) is 34.6 Å². The first-order valence-electron chi connectivity index (χ1n) is 6.42. The molecule has 0 amide bonds. The van der Waals surface area contributed by atoms with Crippen molar-refractivity contribution in [2.24, 2.45) is 0 Å². The Balaban J connectivity index is 1.98. The van der Waals surface area contributed by atoms with Crippen LogP contribution >= 0.6 is 11.6 Å². The lowest BCUT2D eigenvalue weighted by molar-refractivity contribution is 0.184. The minimum atomic E-state index is 0.507. The summed E-state index contributed by atoms with van der Waals surface area (Å²) in [5.41, 5.74) is 1.95. The van der Waals surface area contributed by atoms with E-state index >= 15 is 0 Å². The Hall–Kier alpha value is -1.78. The first-order valence-corrected chi connectivity index (χ1v) is 6.80. The molecule has 2 heterocycles. The minimum absolute atomic E-state index is 0.507. The van der Waals surface area contributed by atoms with Gasteiger partial charge in [-0.25, -0.2) is 4.98 Å². The number of anilines is 2. The average molecular weight is 291 g/mol. The Kier molecular flexibility index (Phi) is 3.76. The molecular formula is C15H15ClN2O2. The van der Waals surface area contributed by atoms with Crippen LogP contribution in [-0.2, 0) is 11.3 Å². The van der Waals surface area contributed by atoms with Crippen LogP contribution in [0, 0.1) is 0 Å². The van der Waals surface area contributed by atoms with Crippen LogP contribution in [0.4, 0.5) is 11.5 Å². The molecule has 0 spiro atoms. The predicted octanol–water partition coefficient (Wildman–Crippen LogP) is 3.41. The van der Waals surface area contributed by atoms with Crippen LogP contribution in [0.5, 0.6) is 5.75 Å². The highest BCUT2D eigenvalue weighted by molar-refractivity contribution is 6.33. The summed E-state index contributed by atoms with van der Waals surface area (Å²) < 4.78 is 10.7. The zero-order chi connectivity index (χ0) is 13.9. The molecule has 1 aromatic heterocycles. The summed E-state index contributed by atoms with van der Waals surface area (Å²) in [5, 5.41) is 0.622. The van der Waals surface area contributed by atoms with Crippen molar-refractivity contribution in [1.82, 2.24) is 4.98 Å². The molecule has 104 valence electrons. The van der Waals surface area contributed by atoms with Crippen molar-refractivity contribution < 1.29 is 9.47 Å². The van der Waals surface area contributed by atoms with E-state index in [-0.39, 0.29) is 0 Å². The maximum atomic E-state index is 6.36. The first-order chi connectivity index (χ1) is 9.79. The van der Waals surface area contributed by atoms with Gasteiger partial charge in [-0.05, 0) is 23.8 Å². The number of para-hydroxylation sites is 2. The minimum Gasteiger partial charge on any atom is -0.490 e. The van der Waals surface area contributed by atoms with E-state index in [2.05, 4.69) is 9.88 Å². The summed E-state index contributed by atoms with van der Waals surface area (Å²) in [6.07, 6.45) is 1.79. The Morgan fingerprint density at radius 1 is 1.40 bits per heavy atom. The fourth-order valence-corrected chi connectivity index (χ4v) is 2.60. The summed E-state index contributed by atoms with van der Waals surface area (Å²) in [4.78, 5) is 6.56. The highest BCUT2D eigenvalue weighted by atomic mass is 35.5. The predicted molar refractivity (Wildman–Crippen MR) is 78.9 cm³/mol. The maximum absolute atomic E-state index is 6.36. The fraction of sp³-hybridized carbons (Fsp3) is 0.267. The van der Waals surface area contributed by atoms with Gasteiger partial charge in [-0.1, -0.05) is 23.7 Å². The molecule has 0 aliphatic carbocycles. The number of ether oxygens (including phenoxy) is 2. The molecule has 1 aliphatic heterocycles. The summed E-state index contributed by atoms with van der Waals surface area (Å²) in [6, 6.07) is 9.79. The van der Waals surface area contributed by atoms with E-state index in [1.807, 2.05) is 30.3 Å². The Labute approximate surface area is 122 Å². The van der Waals surface area contributed by atoms with Crippen LogP contribution < -0.4 is 9.64 Å². The normalized spacial score (nSPS) is 13.8. The number of halogens is 1. The van der Waals surface area contributed by atoms with Gasteiger partial charge in [0.15, 0.2) is 5.82 Å². The zero-order valence-electron chi connectivity index (χ0n) is 11.2. The van der Waals surface area contributed by atoms with Gasteiger partial charge >= 0.3 is 0 Å². The van der Waals surface area contributed by atoms with Gasteiger partial charge in [0.1, 0.15) is 12.4 Å². The van der Waals surface area contributed by atoms with Crippen molar-refractivity contribution in [2.75, 3.05) is 25.2 Å². The second kappa shape index (κ2) is 5.69. The van der Waals surface area contributed by atoms with Gasteiger partial charge in [0, 0.05) is 13.3 Å². The number of benzene rings is 1. The Morgan fingerprint density at radius 3 is 3.05 bits per heavy atom. The number of pyridine rings is 1. The number of methoxy groups -OCH3 is 1. The molecule has 1 aromatic carbocycles. The molecule has 5 heteroatoms. The third-order valence-electron chi connectivity index (χ3n) is 3.17. The van der Waals surface area contributed by atoms with Crippen molar-refractivity contribution in [3.63, 3.8) is 0 Å². The SMILES string of the molecule is COCc1cnc(N2CCOc3ccccc32)c(Cl)c1. The summed E-state index contributed by atoms with van der Waals surface area (Å²) >= 11 is 6.36. The molecule has 0 unspecified atom stereocenters. The van der Waals surface area contributed by atoms with Gasteiger partial charge in [0.2, 0.25) is 0 Å². The number of nitrogens with zero attached hydrogens (tertiary/aromatic N) is 2. The van der Waals surface area contributed by atoms with Crippen molar-refractivity contribution in [2.45, 2.75) is 6.61 Å². The lowest BCUT2D eigenvalue weighted by Gasteiger charge is -2.30. The monoisotopic (exact) mass is 290 g/mol. The Morgan fingerprint density at radius 2 is 2.25 bits per heavy atom. The third kappa shape index (κ3) is 2.44. The van der Waals surface area contributed by atoms with Gasteiger partial charge in [0.05, 0.1) is 23.9 Å². The highest BCUT2D eigenvalue weighted by Crippen LogP contribution is 2.38. The van der Waals surface area contributed by atoms with Crippen LogP contribution in [-0.4, -0.2) is 25.2 Å². The van der Waals surface area contributed by atoms with Gasteiger partial charge in [0.25, 0.3) is 0 Å². The van der Waals surface area contributed by atoms with Crippen LogP contribution in [0.2, 0.25) is 5.02 Å². The lowest BCUT2D eigenvalue weighted by Crippen LogP contribution is -2.29. The quantitative estimate of drug-likeness (QED) is 0.867. The van der Waals surface area contributed by atoms with Crippen LogP contribution in [0.1, 0.15) is 5.56 Å². The molecule has 0 saturated carbocycles. The van der Waals surface area contributed by atoms with E-state index in [1.165, 1.54) is 0 Å². The average Bonchev–Trinajstić information content (AvgIpc) is 2.47. The number of rotatable bonds is 3. The van der Waals surface area contributed by atoms with Gasteiger partial charge in [-0.2, -0.15) is 0 Å². The molecule has 0 radical (unpaired) electrons. The van der Waals surface area contributed by atoms with Gasteiger partial charge in [-0.15, -0.1) is 0 Å². The lowest BCUT2D eigenvalue weighted by atomic mass is 10.2. The standard InChI is InChI=1S/C15H15ClN2O2/c1-19-10-11-8-12(16)15(17-9-11)18-6-7-20-14-5-3-2-4-13(14)18/h2-5,8-9H,6-7,10H2,1H3. The molecule has 2 aromatic rings. The van der Waals surface area contributed by atoms with Crippen LogP contribution in [0.3, 0.4) is 0 Å². The summed E-state index contributed by atoms with van der Waals surface area (Å²) in [7, 11) is 1.65. The van der Waals surface area contributed by atoms with Crippen LogP contribution in [0.25, 0.3) is 0 Å². The molecule has 20 heavy (non-hydrogen) atoms. The largest absolute Gasteiger partial charge is 0.490 e. The molecule has 3 rings (SSSR count). The van der Waals surface area contributed by atoms with E-state index in [0.29, 0.717) is 18.2 Å². The number of fused-ring (bicyclic) bond motifs is 1. The summed E-state index contributed by atoms with van der Waals surface area (Å²) in [6.45, 7) is 1.86. The van der Waals surface area contributed by atoms with Crippen molar-refractivity contribution in [1.29, 1.82) is 0 Å². The number of hydrogen-bond donors (Lipinski definition) is 0. The second-order valence-electron chi connectivity index (χ2n) is 4.55. The highest BCUT2D eigenvalue weighted by Gasteiger charge is 2.21. The maximum Gasteiger partial charge on any atom is 0.152 e. The van der Waals surface area contributed by atoms with E-state index in [0.717, 1.165) is 29.4 Å². The second-order valence-corrected chi connectivity index (χ2v) is 4.96. The molecule has 4 nitrogen and oxygen atoms in total. The van der Waals surface area contributed by atoms with Crippen molar-refractivity contribution in [3.05, 3.63) is 47.1 Å². The zero-order valence-corrected chi connectivity index (χ0v) is 11.9. The van der Waals surface area contributed by atoms with E-state index < -0.39 is 0 Å². The van der Waals surface area contributed by atoms with Crippen LogP contribution in [0.15, 0.2) is 36.5 Å². The molecule has 0 saturated heterocycles. The first kappa shape index (κ1) is 13.2. The van der Waals surface area contributed by atoms with Gasteiger partial charge in [-0.3, -0.25) is 0 Å². The number of aromatic nitrogens is 1. The van der Waals surface area contributed by atoms with Gasteiger partial charge < -0.3 is 14.4 Å². The number of hydrogen-bond acceptors (Lipinski definition) is 4. The van der Waals surface area contributed by atoms with Crippen molar-refractivity contribution in [3.8, 4) is 5.75 Å². The Bertz CT molecular complexity index is 619. The molecule has 0 atom stereocenters. The molecule has 0 fully saturated rings. The molecular weight excluding hydrogens is 276 g/mol. The third-order valence-corrected chi connectivity index (χ3v) is 3.45. The summed E-state index contributed by atoms with van der Waals surface area (Å²) in [5.74, 6) is 1.61. The molecule has 0 N–H and O–H groups in total. The molecule has 0 bridgehead atoms. The van der Waals surface area contributed by atoms with E-state index in [1.54, 1.807) is 13.3 Å². The molecule has 1 aliphatic rings. The fourth-order valence-electron chi connectivity index (χ4n) is 2.30.